The lowest BCUT2D eigenvalue weighted by Crippen LogP contribution is -2.20. The molecule has 0 aromatic rings. The van der Waals surface area contributed by atoms with E-state index in [9.17, 15) is 4.79 Å². The summed E-state index contributed by atoms with van der Waals surface area (Å²) >= 11 is 0. The molecular weight excluding hydrogens is 138 g/mol. The summed E-state index contributed by atoms with van der Waals surface area (Å²) in [6.07, 6.45) is -0.657. The van der Waals surface area contributed by atoms with Crippen molar-refractivity contribution in [3.8, 4) is 0 Å². The minimum Gasteiger partial charge on any atom is -0.438 e. The molecule has 0 aromatic carbocycles. The predicted octanol–water partition coefficient (Wildman–Crippen LogP) is -0.762. The van der Waals surface area contributed by atoms with Gasteiger partial charge in [-0.2, -0.15) is 0 Å². The minimum absolute atomic E-state index is 0.333. The molecule has 0 unspecified atom stereocenters. The maximum absolute atomic E-state index is 9.74. The second-order valence-electron chi connectivity index (χ2n) is 1.11. The van der Waals surface area contributed by atoms with Crippen LogP contribution in [0.15, 0.2) is 0 Å². The first-order valence-corrected chi connectivity index (χ1v) is 2.26. The topological polar surface area (TPSA) is 111 Å². The van der Waals surface area contributed by atoms with Crippen LogP contribution in [0.2, 0.25) is 0 Å². The van der Waals surface area contributed by atoms with Gasteiger partial charge in [0.05, 0.1) is 14.2 Å². The van der Waals surface area contributed by atoms with Crippen molar-refractivity contribution in [3.05, 3.63) is 0 Å². The molecule has 0 aliphatic rings. The summed E-state index contributed by atoms with van der Waals surface area (Å²) in [6, 6.07) is 0. The van der Waals surface area contributed by atoms with Gasteiger partial charge in [0.15, 0.2) is 5.96 Å². The van der Waals surface area contributed by atoms with Gasteiger partial charge < -0.3 is 20.9 Å². The van der Waals surface area contributed by atoms with Crippen LogP contribution in [0.1, 0.15) is 0 Å². The van der Waals surface area contributed by atoms with Gasteiger partial charge in [-0.15, -0.1) is 0 Å². The number of rotatable bonds is 0. The van der Waals surface area contributed by atoms with Crippen molar-refractivity contribution in [1.29, 1.82) is 5.41 Å². The zero-order valence-corrected chi connectivity index (χ0v) is 5.88. The van der Waals surface area contributed by atoms with Crippen molar-refractivity contribution in [2.75, 3.05) is 14.2 Å². The van der Waals surface area contributed by atoms with Crippen LogP contribution in [0.5, 0.6) is 0 Å². The molecule has 0 rings (SSSR count). The first kappa shape index (κ1) is 11.4. The molecule has 6 nitrogen and oxygen atoms in total. The lowest BCUT2D eigenvalue weighted by molar-refractivity contribution is 0.0924. The Labute approximate surface area is 58.6 Å². The van der Waals surface area contributed by atoms with Gasteiger partial charge in [-0.1, -0.05) is 0 Å². The normalized spacial score (nSPS) is 6.60. The molecule has 0 radical (unpaired) electrons. The quantitative estimate of drug-likeness (QED) is 0.238. The summed E-state index contributed by atoms with van der Waals surface area (Å²) in [7, 11) is 2.51. The molecule has 0 amide bonds. The first-order valence-electron chi connectivity index (χ1n) is 2.26. The van der Waals surface area contributed by atoms with E-state index in [4.69, 9.17) is 5.41 Å². The van der Waals surface area contributed by atoms with Crippen LogP contribution >= 0.6 is 0 Å². The van der Waals surface area contributed by atoms with Crippen molar-refractivity contribution in [1.82, 2.24) is 0 Å². The van der Waals surface area contributed by atoms with E-state index in [1.165, 1.54) is 14.2 Å². The second-order valence-corrected chi connectivity index (χ2v) is 1.11. The van der Waals surface area contributed by atoms with Crippen molar-refractivity contribution < 1.29 is 14.3 Å². The minimum atomic E-state index is -0.657. The summed E-state index contributed by atoms with van der Waals surface area (Å²) < 4.78 is 8.08. The monoisotopic (exact) mass is 149 g/mol. The summed E-state index contributed by atoms with van der Waals surface area (Å²) in [5.41, 5.74) is 8.94. The molecule has 0 heterocycles. The van der Waals surface area contributed by atoms with Crippen LogP contribution < -0.4 is 11.5 Å². The van der Waals surface area contributed by atoms with Crippen LogP contribution in [0.4, 0.5) is 4.79 Å². The molecule has 0 aliphatic heterocycles. The van der Waals surface area contributed by atoms with Crippen molar-refractivity contribution >= 4 is 12.1 Å². The Morgan fingerprint density at radius 3 is 1.50 bits per heavy atom. The molecule has 0 fully saturated rings. The Kier molecular flexibility index (Phi) is 8.56. The number of carbonyl (C=O) groups is 1. The fourth-order valence-corrected chi connectivity index (χ4v) is 0.0833. The molecule has 0 aliphatic carbocycles. The van der Waals surface area contributed by atoms with Gasteiger partial charge in [0.2, 0.25) is 0 Å². The average molecular weight is 149 g/mol. The van der Waals surface area contributed by atoms with E-state index in [1.807, 2.05) is 0 Å². The van der Waals surface area contributed by atoms with E-state index >= 15 is 0 Å². The highest BCUT2D eigenvalue weighted by molar-refractivity contribution is 5.71. The second kappa shape index (κ2) is 7.54. The molecule has 10 heavy (non-hydrogen) atoms. The SMILES string of the molecule is COC(=O)OC.N=C(N)N. The molecule has 0 bridgehead atoms. The molecule has 5 N–H and O–H groups in total. The molecule has 60 valence electrons. The third-order valence-corrected chi connectivity index (χ3v) is 0.333. The average Bonchev–Trinajstić information content (AvgIpc) is 1.85. The van der Waals surface area contributed by atoms with Crippen LogP contribution in [0.25, 0.3) is 0 Å². The highest BCUT2D eigenvalue weighted by Gasteiger charge is 1.88. The van der Waals surface area contributed by atoms with E-state index in [0.29, 0.717) is 0 Å². The maximum atomic E-state index is 9.74. The van der Waals surface area contributed by atoms with Crippen LogP contribution in [0.3, 0.4) is 0 Å². The van der Waals surface area contributed by atoms with E-state index in [1.54, 1.807) is 0 Å². The van der Waals surface area contributed by atoms with Crippen molar-refractivity contribution in [2.45, 2.75) is 0 Å². The van der Waals surface area contributed by atoms with Gasteiger partial charge in [-0.05, 0) is 0 Å². The van der Waals surface area contributed by atoms with Gasteiger partial charge in [0, 0.05) is 0 Å². The molecule has 6 heteroatoms. The molecule has 0 saturated carbocycles. The van der Waals surface area contributed by atoms with Gasteiger partial charge in [0.1, 0.15) is 0 Å². The van der Waals surface area contributed by atoms with Crippen LogP contribution in [-0.2, 0) is 9.47 Å². The zero-order chi connectivity index (χ0) is 8.57. The summed E-state index contributed by atoms with van der Waals surface area (Å²) in [4.78, 5) is 9.74. The largest absolute Gasteiger partial charge is 0.507 e. The molecule has 0 spiro atoms. The molecule has 0 aromatic heterocycles. The molecular formula is C4H11N3O3. The van der Waals surface area contributed by atoms with Crippen LogP contribution in [0, 0.1) is 5.41 Å². The number of nitrogens with one attached hydrogen (secondary N) is 1. The Morgan fingerprint density at radius 1 is 1.30 bits per heavy atom. The van der Waals surface area contributed by atoms with E-state index in [-0.39, 0.29) is 5.96 Å². The Hall–Kier alpha value is -1.46. The lowest BCUT2D eigenvalue weighted by atomic mass is 11.1. The van der Waals surface area contributed by atoms with Gasteiger partial charge in [-0.25, -0.2) is 4.79 Å². The van der Waals surface area contributed by atoms with Gasteiger partial charge >= 0.3 is 6.16 Å². The molecule has 0 saturated heterocycles. The number of hydrogen-bond acceptors (Lipinski definition) is 4. The number of guanidine groups is 1. The number of carbonyl (C=O) groups excluding carboxylic acids is 1. The Balaban J connectivity index is 0. The summed E-state index contributed by atoms with van der Waals surface area (Å²) in [6.45, 7) is 0. The Morgan fingerprint density at radius 2 is 1.50 bits per heavy atom. The summed E-state index contributed by atoms with van der Waals surface area (Å²) in [5, 5.41) is 6.06. The van der Waals surface area contributed by atoms with Crippen molar-refractivity contribution in [2.24, 2.45) is 11.5 Å². The van der Waals surface area contributed by atoms with E-state index < -0.39 is 6.16 Å². The third kappa shape index (κ3) is 31.1. The van der Waals surface area contributed by atoms with Gasteiger partial charge in [0.25, 0.3) is 0 Å². The first-order chi connectivity index (χ1) is 4.54. The van der Waals surface area contributed by atoms with Gasteiger partial charge in [-0.3, -0.25) is 5.41 Å². The van der Waals surface area contributed by atoms with E-state index in [0.717, 1.165) is 0 Å². The Bertz CT molecular complexity index is 104. The predicted molar refractivity (Wildman–Crippen MR) is 35.5 cm³/mol. The number of methoxy groups -OCH3 is 2. The standard InChI is InChI=1S/C3H6O3.CH5N3/c1-5-3(4)6-2;2-1(3)4/h1-2H3;(H5,2,3,4). The lowest BCUT2D eigenvalue weighted by Gasteiger charge is -1.89. The fraction of sp³-hybridized carbons (Fsp3) is 0.500. The number of ether oxygens (including phenoxy) is 2. The highest BCUT2D eigenvalue weighted by Crippen LogP contribution is 1.72. The smallest absolute Gasteiger partial charge is 0.438 e. The molecule has 0 atom stereocenters. The third-order valence-electron chi connectivity index (χ3n) is 0.333. The summed E-state index contributed by atoms with van der Waals surface area (Å²) in [5.74, 6) is -0.333. The maximum Gasteiger partial charge on any atom is 0.507 e. The highest BCUT2D eigenvalue weighted by atomic mass is 16.7. The zero-order valence-electron chi connectivity index (χ0n) is 5.88. The van der Waals surface area contributed by atoms with Crippen LogP contribution in [-0.4, -0.2) is 26.3 Å². The number of nitrogens with two attached hydrogens (primary N) is 2. The van der Waals surface area contributed by atoms with Crippen molar-refractivity contribution in [3.63, 3.8) is 0 Å². The van der Waals surface area contributed by atoms with E-state index in [2.05, 4.69) is 20.9 Å². The fourth-order valence-electron chi connectivity index (χ4n) is 0.0833. The number of hydrogen-bond donors (Lipinski definition) is 3.